The van der Waals surface area contributed by atoms with Crippen molar-refractivity contribution in [3.05, 3.63) is 0 Å². The van der Waals surface area contributed by atoms with Crippen LogP contribution in [-0.4, -0.2) is 30.4 Å². The zero-order chi connectivity index (χ0) is 8.55. The molecule has 2 atom stereocenters. The van der Waals surface area contributed by atoms with Gasteiger partial charge in [-0.3, -0.25) is 4.79 Å². The fourth-order valence-electron chi connectivity index (χ4n) is 2.31. The molecule has 0 aromatic rings. The summed E-state index contributed by atoms with van der Waals surface area (Å²) in [5.41, 5.74) is 5.09. The summed E-state index contributed by atoms with van der Waals surface area (Å²) in [7, 11) is 0. The van der Waals surface area contributed by atoms with Crippen LogP contribution in [0.4, 0.5) is 0 Å². The minimum atomic E-state index is -0.172. The number of carbonyl (C=O) groups excluding carboxylic acids is 1. The Bertz CT molecular complexity index is 181. The molecule has 12 heavy (non-hydrogen) atoms. The minimum Gasteiger partial charge on any atom is -0.370 e. The molecule has 3 heteroatoms. The van der Waals surface area contributed by atoms with Crippen LogP contribution in [0.2, 0.25) is 0 Å². The van der Waals surface area contributed by atoms with E-state index in [1.807, 2.05) is 0 Å². The van der Waals surface area contributed by atoms with E-state index in [9.17, 15) is 4.79 Å². The van der Waals surface area contributed by atoms with E-state index < -0.39 is 0 Å². The van der Waals surface area contributed by atoms with Crippen LogP contribution in [0.25, 0.3) is 0 Å². The molecule has 0 radical (unpaired) electrons. The number of rotatable bonds is 3. The quantitative estimate of drug-likeness (QED) is 0.654. The first-order valence-corrected chi connectivity index (χ1v) is 4.76. The first-order chi connectivity index (χ1) is 5.75. The second-order valence-electron chi connectivity index (χ2n) is 4.07. The topological polar surface area (TPSA) is 46.3 Å². The Morgan fingerprint density at radius 1 is 1.33 bits per heavy atom. The van der Waals surface area contributed by atoms with Crippen molar-refractivity contribution in [2.24, 2.45) is 17.6 Å². The Morgan fingerprint density at radius 2 is 1.92 bits per heavy atom. The summed E-state index contributed by atoms with van der Waals surface area (Å²) < 4.78 is 0. The third-order valence-corrected chi connectivity index (χ3v) is 3.23. The van der Waals surface area contributed by atoms with E-state index in [1.54, 1.807) is 0 Å². The molecule has 2 rings (SSSR count). The predicted octanol–water partition coefficient (Wildman–Crippen LogP) is 0.204. The fourth-order valence-corrected chi connectivity index (χ4v) is 2.31. The molecular weight excluding hydrogens is 152 g/mol. The largest absolute Gasteiger partial charge is 0.370 e. The van der Waals surface area contributed by atoms with Crippen LogP contribution in [0.1, 0.15) is 19.3 Å². The molecule has 0 spiro atoms. The second kappa shape index (κ2) is 3.05. The molecule has 0 aromatic heterocycles. The van der Waals surface area contributed by atoms with Gasteiger partial charge in [0.2, 0.25) is 5.91 Å². The molecule has 0 bridgehead atoms. The first kappa shape index (κ1) is 8.05. The SMILES string of the molecule is NC(=O)CCN1CC2CCC2C1. The molecule has 3 nitrogen and oxygen atoms in total. The summed E-state index contributed by atoms with van der Waals surface area (Å²) >= 11 is 0. The molecule has 2 fully saturated rings. The van der Waals surface area contributed by atoms with E-state index in [-0.39, 0.29) is 5.91 Å². The molecule has 0 aromatic carbocycles. The Labute approximate surface area is 72.9 Å². The zero-order valence-electron chi connectivity index (χ0n) is 7.33. The summed E-state index contributed by atoms with van der Waals surface area (Å²) in [6.07, 6.45) is 3.33. The number of nitrogens with zero attached hydrogens (tertiary/aromatic N) is 1. The number of carbonyl (C=O) groups is 1. The Balaban J connectivity index is 1.72. The van der Waals surface area contributed by atoms with Crippen molar-refractivity contribution in [1.82, 2.24) is 4.90 Å². The van der Waals surface area contributed by atoms with Gasteiger partial charge < -0.3 is 10.6 Å². The summed E-state index contributed by atoms with van der Waals surface area (Å²) in [4.78, 5) is 12.9. The minimum absolute atomic E-state index is 0.172. The van der Waals surface area contributed by atoms with Gasteiger partial charge in [-0.05, 0) is 24.7 Å². The number of amides is 1. The monoisotopic (exact) mass is 168 g/mol. The number of likely N-dealkylation sites (tertiary alicyclic amines) is 1. The molecule has 68 valence electrons. The van der Waals surface area contributed by atoms with Gasteiger partial charge >= 0.3 is 0 Å². The lowest BCUT2D eigenvalue weighted by molar-refractivity contribution is -0.118. The van der Waals surface area contributed by atoms with E-state index in [2.05, 4.69) is 4.90 Å². The Hall–Kier alpha value is -0.570. The molecule has 2 N–H and O–H groups in total. The van der Waals surface area contributed by atoms with E-state index >= 15 is 0 Å². The molecule has 1 saturated heterocycles. The number of hydrogen-bond donors (Lipinski definition) is 1. The molecule has 1 amide bonds. The molecule has 2 aliphatic rings. The molecule has 1 saturated carbocycles. The van der Waals surface area contributed by atoms with Gasteiger partial charge in [0.05, 0.1) is 0 Å². The van der Waals surface area contributed by atoms with Crippen molar-refractivity contribution in [1.29, 1.82) is 0 Å². The standard InChI is InChI=1S/C9H16N2O/c10-9(12)3-4-11-5-7-1-2-8(7)6-11/h7-8H,1-6H2,(H2,10,12). The highest BCUT2D eigenvalue weighted by molar-refractivity contribution is 5.73. The van der Waals surface area contributed by atoms with Crippen LogP contribution in [0.3, 0.4) is 0 Å². The van der Waals surface area contributed by atoms with Crippen molar-refractivity contribution in [2.75, 3.05) is 19.6 Å². The molecular formula is C9H16N2O. The van der Waals surface area contributed by atoms with Gasteiger partial charge in [-0.15, -0.1) is 0 Å². The van der Waals surface area contributed by atoms with Crippen LogP contribution in [0, 0.1) is 11.8 Å². The van der Waals surface area contributed by atoms with Crippen LogP contribution in [0.5, 0.6) is 0 Å². The highest BCUT2D eigenvalue weighted by Gasteiger charge is 2.38. The Kier molecular flexibility index (Phi) is 2.05. The van der Waals surface area contributed by atoms with Crippen molar-refractivity contribution in [2.45, 2.75) is 19.3 Å². The predicted molar refractivity (Wildman–Crippen MR) is 46.5 cm³/mol. The summed E-state index contributed by atoms with van der Waals surface area (Å²) in [5, 5.41) is 0. The maximum atomic E-state index is 10.5. The van der Waals surface area contributed by atoms with Gasteiger partial charge in [0, 0.05) is 26.1 Å². The van der Waals surface area contributed by atoms with Gasteiger partial charge in [0.15, 0.2) is 0 Å². The summed E-state index contributed by atoms with van der Waals surface area (Å²) in [6, 6.07) is 0. The second-order valence-corrected chi connectivity index (χ2v) is 4.07. The molecule has 1 aliphatic carbocycles. The number of nitrogens with two attached hydrogens (primary N) is 1. The Morgan fingerprint density at radius 3 is 2.33 bits per heavy atom. The summed E-state index contributed by atoms with van der Waals surface area (Å²) in [6.45, 7) is 3.29. The van der Waals surface area contributed by atoms with Gasteiger partial charge in [0.1, 0.15) is 0 Å². The number of fused-ring (bicyclic) bond motifs is 1. The van der Waals surface area contributed by atoms with Crippen molar-refractivity contribution in [3.63, 3.8) is 0 Å². The normalized spacial score (nSPS) is 34.3. The van der Waals surface area contributed by atoms with Gasteiger partial charge in [-0.1, -0.05) is 0 Å². The van der Waals surface area contributed by atoms with Gasteiger partial charge in [-0.25, -0.2) is 0 Å². The zero-order valence-corrected chi connectivity index (χ0v) is 7.33. The van der Waals surface area contributed by atoms with Crippen LogP contribution in [-0.2, 0) is 4.79 Å². The first-order valence-electron chi connectivity index (χ1n) is 4.76. The maximum Gasteiger partial charge on any atom is 0.218 e. The average Bonchev–Trinajstić information content (AvgIpc) is 2.25. The van der Waals surface area contributed by atoms with Crippen molar-refractivity contribution in [3.8, 4) is 0 Å². The van der Waals surface area contributed by atoms with Gasteiger partial charge in [0.25, 0.3) is 0 Å². The van der Waals surface area contributed by atoms with Crippen molar-refractivity contribution < 1.29 is 4.79 Å². The molecule has 1 aliphatic heterocycles. The average molecular weight is 168 g/mol. The maximum absolute atomic E-state index is 10.5. The van der Waals surface area contributed by atoms with Crippen molar-refractivity contribution >= 4 is 5.91 Å². The van der Waals surface area contributed by atoms with Gasteiger partial charge in [-0.2, -0.15) is 0 Å². The number of primary amides is 1. The van der Waals surface area contributed by atoms with Crippen LogP contribution < -0.4 is 5.73 Å². The molecule has 2 unspecified atom stereocenters. The lowest BCUT2D eigenvalue weighted by Crippen LogP contribution is -2.25. The van der Waals surface area contributed by atoms with Crippen LogP contribution >= 0.6 is 0 Å². The summed E-state index contributed by atoms with van der Waals surface area (Å²) in [5.74, 6) is 1.71. The lowest BCUT2D eigenvalue weighted by Gasteiger charge is -2.28. The third-order valence-electron chi connectivity index (χ3n) is 3.23. The van der Waals surface area contributed by atoms with E-state index in [0.717, 1.165) is 18.4 Å². The van der Waals surface area contributed by atoms with E-state index in [4.69, 9.17) is 5.73 Å². The highest BCUT2D eigenvalue weighted by Crippen LogP contribution is 2.40. The van der Waals surface area contributed by atoms with E-state index in [1.165, 1.54) is 25.9 Å². The van der Waals surface area contributed by atoms with Crippen LogP contribution in [0.15, 0.2) is 0 Å². The smallest absolute Gasteiger partial charge is 0.218 e. The number of hydrogen-bond acceptors (Lipinski definition) is 2. The third kappa shape index (κ3) is 1.46. The lowest BCUT2D eigenvalue weighted by atomic mass is 9.77. The van der Waals surface area contributed by atoms with E-state index in [0.29, 0.717) is 6.42 Å². The fraction of sp³-hybridized carbons (Fsp3) is 0.889. The highest BCUT2D eigenvalue weighted by atomic mass is 16.1. The molecule has 1 heterocycles.